The molecule has 222 valence electrons. The van der Waals surface area contributed by atoms with E-state index < -0.39 is 23.8 Å². The second-order valence-corrected chi connectivity index (χ2v) is 10.4. The van der Waals surface area contributed by atoms with Crippen molar-refractivity contribution in [1.29, 1.82) is 0 Å². The lowest BCUT2D eigenvalue weighted by atomic mass is 10.0. The van der Waals surface area contributed by atoms with Crippen LogP contribution in [-0.2, 0) is 30.5 Å². The van der Waals surface area contributed by atoms with Crippen molar-refractivity contribution in [3.05, 3.63) is 72.6 Å². The fourth-order valence-electron chi connectivity index (χ4n) is 5.35. The van der Waals surface area contributed by atoms with Gasteiger partial charge in [-0.25, -0.2) is 9.80 Å². The first-order chi connectivity index (χ1) is 20.3. The van der Waals surface area contributed by atoms with Gasteiger partial charge < -0.3 is 15.0 Å². The highest BCUT2D eigenvalue weighted by Gasteiger charge is 2.33. The molecule has 1 saturated heterocycles. The number of aromatic nitrogens is 1. The lowest BCUT2D eigenvalue weighted by molar-refractivity contribution is -0.157. The second-order valence-electron chi connectivity index (χ2n) is 10.4. The summed E-state index contributed by atoms with van der Waals surface area (Å²) in [5.41, 5.74) is 4.33. The number of likely N-dealkylation sites (tertiary alicyclic amines) is 1. The number of nitrogens with one attached hydrogen (secondary N) is 2. The molecule has 0 saturated carbocycles. The standard InChI is InChI=1S/C31H38N6O5/c1-22(31(41)42-3)37(34-23(2)38)30(40)21-35(19-25-10-6-9-24-8-4-5-12-28(24)25)20-27-11-7-17-36(27)29(39)18-33-26-13-15-32-16-14-26/h4-6,8-10,12-16,22,27H,7,11,17-21H2,1-3H3,(H,32,33)(H,34,38)/t22-,27-/m0/s1. The molecule has 0 unspecified atom stereocenters. The Bertz CT molecular complexity index is 1400. The fourth-order valence-corrected chi connectivity index (χ4v) is 5.35. The van der Waals surface area contributed by atoms with E-state index in [0.29, 0.717) is 19.6 Å². The van der Waals surface area contributed by atoms with Crippen LogP contribution in [0.1, 0.15) is 32.3 Å². The normalized spacial score (nSPS) is 15.3. The quantitative estimate of drug-likeness (QED) is 0.265. The number of esters is 1. The van der Waals surface area contributed by atoms with Crippen molar-refractivity contribution in [2.24, 2.45) is 0 Å². The molecule has 0 aliphatic carbocycles. The van der Waals surface area contributed by atoms with E-state index >= 15 is 0 Å². The molecular formula is C31H38N6O5. The molecule has 3 aromatic rings. The lowest BCUT2D eigenvalue weighted by Gasteiger charge is -2.33. The molecule has 2 heterocycles. The largest absolute Gasteiger partial charge is 0.467 e. The molecule has 1 aliphatic rings. The van der Waals surface area contributed by atoms with Crippen LogP contribution in [0.3, 0.4) is 0 Å². The molecular weight excluding hydrogens is 536 g/mol. The number of hydrogen-bond acceptors (Lipinski definition) is 8. The zero-order valence-electron chi connectivity index (χ0n) is 24.3. The van der Waals surface area contributed by atoms with Crippen molar-refractivity contribution in [2.45, 2.75) is 45.3 Å². The van der Waals surface area contributed by atoms with Gasteiger partial charge >= 0.3 is 5.97 Å². The summed E-state index contributed by atoms with van der Waals surface area (Å²) < 4.78 is 4.83. The number of methoxy groups -OCH3 is 1. The molecule has 11 heteroatoms. The average Bonchev–Trinajstić information content (AvgIpc) is 3.46. The third-order valence-corrected chi connectivity index (χ3v) is 7.40. The van der Waals surface area contributed by atoms with E-state index in [-0.39, 0.29) is 25.0 Å². The zero-order valence-corrected chi connectivity index (χ0v) is 24.3. The van der Waals surface area contributed by atoms with Gasteiger partial charge in [-0.3, -0.25) is 29.7 Å². The van der Waals surface area contributed by atoms with Crippen molar-refractivity contribution in [3.63, 3.8) is 0 Å². The minimum absolute atomic E-state index is 0.0232. The number of anilines is 1. The zero-order chi connectivity index (χ0) is 30.1. The molecule has 1 aliphatic heterocycles. The van der Waals surface area contributed by atoms with Crippen LogP contribution < -0.4 is 10.7 Å². The van der Waals surface area contributed by atoms with E-state index in [1.165, 1.54) is 21.0 Å². The molecule has 1 fully saturated rings. The third kappa shape index (κ3) is 7.82. The summed E-state index contributed by atoms with van der Waals surface area (Å²) in [5.74, 6) is -1.61. The number of benzene rings is 2. The number of ether oxygens (including phenoxy) is 1. The molecule has 11 nitrogen and oxygen atoms in total. The maximum absolute atomic E-state index is 13.6. The summed E-state index contributed by atoms with van der Waals surface area (Å²) in [4.78, 5) is 58.9. The summed E-state index contributed by atoms with van der Waals surface area (Å²) in [6.45, 7) is 4.35. The Kier molecular flexibility index (Phi) is 10.4. The molecule has 0 spiro atoms. The molecule has 2 aromatic carbocycles. The van der Waals surface area contributed by atoms with Gasteiger partial charge in [0.15, 0.2) is 0 Å². The SMILES string of the molecule is COC(=O)[C@H](C)N(NC(C)=O)C(=O)CN(Cc1cccc2ccccc12)C[C@@H]1CCCN1C(=O)CNc1ccncc1. The number of amides is 3. The Morgan fingerprint density at radius 3 is 2.55 bits per heavy atom. The molecule has 0 bridgehead atoms. The molecule has 4 rings (SSSR count). The smallest absolute Gasteiger partial charge is 0.330 e. The summed E-state index contributed by atoms with van der Waals surface area (Å²) in [5, 5.41) is 6.34. The highest BCUT2D eigenvalue weighted by molar-refractivity contribution is 5.88. The van der Waals surface area contributed by atoms with Gasteiger partial charge in [0, 0.05) is 50.7 Å². The van der Waals surface area contributed by atoms with E-state index in [1.54, 1.807) is 12.4 Å². The van der Waals surface area contributed by atoms with Crippen LogP contribution in [0.4, 0.5) is 5.69 Å². The minimum atomic E-state index is -1.02. The Labute approximate surface area is 245 Å². The van der Waals surface area contributed by atoms with Crippen LogP contribution in [0.2, 0.25) is 0 Å². The van der Waals surface area contributed by atoms with Gasteiger partial charge in [0.2, 0.25) is 11.8 Å². The van der Waals surface area contributed by atoms with Crippen LogP contribution in [0, 0.1) is 0 Å². The van der Waals surface area contributed by atoms with Crippen LogP contribution in [0.25, 0.3) is 10.8 Å². The fraction of sp³-hybridized carbons (Fsp3) is 0.387. The van der Waals surface area contributed by atoms with Gasteiger partial charge in [-0.15, -0.1) is 0 Å². The maximum atomic E-state index is 13.6. The lowest BCUT2D eigenvalue weighted by Crippen LogP contribution is -2.56. The van der Waals surface area contributed by atoms with Gasteiger partial charge in [-0.2, -0.15) is 0 Å². The van der Waals surface area contributed by atoms with Crippen molar-refractivity contribution in [1.82, 2.24) is 25.2 Å². The summed E-state index contributed by atoms with van der Waals surface area (Å²) in [7, 11) is 1.23. The van der Waals surface area contributed by atoms with E-state index in [0.717, 1.165) is 39.9 Å². The van der Waals surface area contributed by atoms with Crippen LogP contribution in [-0.4, -0.2) is 88.9 Å². The predicted molar refractivity (Wildman–Crippen MR) is 159 cm³/mol. The predicted octanol–water partition coefficient (Wildman–Crippen LogP) is 2.58. The Balaban J connectivity index is 1.55. The maximum Gasteiger partial charge on any atom is 0.330 e. The number of carbonyl (C=O) groups excluding carboxylic acids is 4. The molecule has 1 aromatic heterocycles. The van der Waals surface area contributed by atoms with Crippen LogP contribution in [0.15, 0.2) is 67.0 Å². The first-order valence-electron chi connectivity index (χ1n) is 14.1. The molecule has 3 amide bonds. The number of fused-ring (bicyclic) bond motifs is 1. The summed E-state index contributed by atoms with van der Waals surface area (Å²) in [6.07, 6.45) is 4.99. The topological polar surface area (TPSA) is 124 Å². The van der Waals surface area contributed by atoms with Gasteiger partial charge in [-0.1, -0.05) is 42.5 Å². The van der Waals surface area contributed by atoms with E-state index in [9.17, 15) is 19.2 Å². The van der Waals surface area contributed by atoms with Crippen molar-refractivity contribution < 1.29 is 23.9 Å². The number of carbonyl (C=O) groups is 4. The van der Waals surface area contributed by atoms with E-state index in [1.807, 2.05) is 64.4 Å². The first kappa shape index (κ1) is 30.4. The summed E-state index contributed by atoms with van der Waals surface area (Å²) in [6, 6.07) is 16.6. The highest BCUT2D eigenvalue weighted by atomic mass is 16.5. The van der Waals surface area contributed by atoms with Gasteiger partial charge in [-0.05, 0) is 48.2 Å². The Hall–Kier alpha value is -4.51. The molecule has 2 atom stereocenters. The number of rotatable bonds is 11. The summed E-state index contributed by atoms with van der Waals surface area (Å²) >= 11 is 0. The van der Waals surface area contributed by atoms with Gasteiger partial charge in [0.25, 0.3) is 5.91 Å². The monoisotopic (exact) mass is 574 g/mol. The van der Waals surface area contributed by atoms with Crippen LogP contribution in [0.5, 0.6) is 0 Å². The Morgan fingerprint density at radius 1 is 1.07 bits per heavy atom. The highest BCUT2D eigenvalue weighted by Crippen LogP contribution is 2.23. The molecule has 2 N–H and O–H groups in total. The number of hydrogen-bond donors (Lipinski definition) is 2. The number of pyridine rings is 1. The van der Waals surface area contributed by atoms with Crippen molar-refractivity contribution in [2.75, 3.05) is 38.6 Å². The average molecular weight is 575 g/mol. The number of hydrazine groups is 1. The van der Waals surface area contributed by atoms with E-state index in [4.69, 9.17) is 4.74 Å². The minimum Gasteiger partial charge on any atom is -0.467 e. The van der Waals surface area contributed by atoms with Crippen molar-refractivity contribution >= 4 is 40.2 Å². The Morgan fingerprint density at radius 2 is 1.81 bits per heavy atom. The van der Waals surface area contributed by atoms with Gasteiger partial charge in [0.05, 0.1) is 20.2 Å². The third-order valence-electron chi connectivity index (χ3n) is 7.40. The van der Waals surface area contributed by atoms with Gasteiger partial charge in [0.1, 0.15) is 6.04 Å². The van der Waals surface area contributed by atoms with E-state index in [2.05, 4.69) is 15.7 Å². The van der Waals surface area contributed by atoms with Crippen molar-refractivity contribution in [3.8, 4) is 0 Å². The molecule has 42 heavy (non-hydrogen) atoms. The molecule has 0 radical (unpaired) electrons. The first-order valence-corrected chi connectivity index (χ1v) is 14.1. The van der Waals surface area contributed by atoms with Crippen LogP contribution >= 0.6 is 0 Å². The number of nitrogens with zero attached hydrogens (tertiary/aromatic N) is 4. The second kappa shape index (κ2) is 14.4.